The minimum absolute atomic E-state index is 0.172. The molecule has 0 saturated carbocycles. The van der Waals surface area contributed by atoms with Gasteiger partial charge in [-0.2, -0.15) is 0 Å². The molecule has 0 unspecified atom stereocenters. The van der Waals surface area contributed by atoms with Gasteiger partial charge >= 0.3 is 0 Å². The van der Waals surface area contributed by atoms with Gasteiger partial charge in [-0.1, -0.05) is 62.3 Å². The summed E-state index contributed by atoms with van der Waals surface area (Å²) in [6, 6.07) is 0. The van der Waals surface area contributed by atoms with Gasteiger partial charge in [0.25, 0.3) is 0 Å². The molecular formula is C15H32O. The highest BCUT2D eigenvalue weighted by Gasteiger charge is 2.36. The Kier molecular flexibility index (Phi) is 5.07. The predicted octanol–water partition coefficient (Wildman–Crippen LogP) is 4.35. The average Bonchev–Trinajstić information content (AvgIpc) is 2.10. The van der Waals surface area contributed by atoms with E-state index in [9.17, 15) is 5.11 Å². The summed E-state index contributed by atoms with van der Waals surface area (Å²) in [6.45, 7) is 20.0. The van der Waals surface area contributed by atoms with Gasteiger partial charge in [-0.05, 0) is 28.6 Å². The maximum absolute atomic E-state index is 10.5. The molecular weight excluding hydrogens is 196 g/mol. The van der Waals surface area contributed by atoms with Crippen LogP contribution in [0.1, 0.15) is 62.3 Å². The van der Waals surface area contributed by atoms with Crippen molar-refractivity contribution < 1.29 is 5.11 Å². The molecule has 0 aliphatic carbocycles. The van der Waals surface area contributed by atoms with Crippen LogP contribution in [0, 0.1) is 28.6 Å². The largest absolute Gasteiger partial charge is 0.393 e. The van der Waals surface area contributed by atoms with Gasteiger partial charge in [0, 0.05) is 0 Å². The molecule has 0 radical (unpaired) electrons. The lowest BCUT2D eigenvalue weighted by molar-refractivity contribution is -0.0215. The van der Waals surface area contributed by atoms with Crippen molar-refractivity contribution in [3.8, 4) is 0 Å². The first-order chi connectivity index (χ1) is 6.89. The molecule has 98 valence electrons. The van der Waals surface area contributed by atoms with E-state index < -0.39 is 0 Å². The van der Waals surface area contributed by atoms with Crippen molar-refractivity contribution in [2.75, 3.05) is 0 Å². The Morgan fingerprint density at radius 2 is 1.00 bits per heavy atom. The summed E-state index contributed by atoms with van der Waals surface area (Å²) in [5, 5.41) is 10.5. The lowest BCUT2D eigenvalue weighted by atomic mass is 9.67. The van der Waals surface area contributed by atoms with Gasteiger partial charge in [0.15, 0.2) is 0 Å². The van der Waals surface area contributed by atoms with E-state index in [1.54, 1.807) is 0 Å². The quantitative estimate of drug-likeness (QED) is 0.761. The first-order valence-electron chi connectivity index (χ1n) is 6.57. The molecule has 0 rings (SSSR count). The summed E-state index contributed by atoms with van der Waals surface area (Å²) in [5.41, 5.74) is 0.434. The highest BCUT2D eigenvalue weighted by molar-refractivity contribution is 4.85. The summed E-state index contributed by atoms with van der Waals surface area (Å²) in [7, 11) is 0. The molecule has 0 aliphatic heterocycles. The average molecular weight is 228 g/mol. The van der Waals surface area contributed by atoms with Crippen LogP contribution in [0.5, 0.6) is 0 Å². The molecule has 0 fully saturated rings. The third-order valence-electron chi connectivity index (χ3n) is 4.57. The zero-order valence-electron chi connectivity index (χ0n) is 12.8. The van der Waals surface area contributed by atoms with Gasteiger partial charge < -0.3 is 5.11 Å². The highest BCUT2D eigenvalue weighted by atomic mass is 16.3. The fourth-order valence-corrected chi connectivity index (χ4v) is 2.05. The fourth-order valence-electron chi connectivity index (χ4n) is 2.05. The number of rotatable bonds is 3. The van der Waals surface area contributed by atoms with E-state index in [2.05, 4.69) is 62.3 Å². The summed E-state index contributed by atoms with van der Waals surface area (Å²) in [5.74, 6) is 1.19. The van der Waals surface area contributed by atoms with E-state index in [-0.39, 0.29) is 16.9 Å². The van der Waals surface area contributed by atoms with Crippen LogP contribution in [0.25, 0.3) is 0 Å². The van der Waals surface area contributed by atoms with Gasteiger partial charge in [-0.3, -0.25) is 0 Å². The summed E-state index contributed by atoms with van der Waals surface area (Å²) in [6.07, 6.45) is -0.214. The Morgan fingerprint density at radius 3 is 1.25 bits per heavy atom. The van der Waals surface area contributed by atoms with Crippen molar-refractivity contribution >= 4 is 0 Å². The van der Waals surface area contributed by atoms with Crippen LogP contribution in [0.3, 0.4) is 0 Å². The zero-order chi connectivity index (χ0) is 13.3. The normalized spacial score (nSPS) is 21.4. The number of aliphatic hydroxyl groups is 1. The first kappa shape index (κ1) is 16.0. The minimum Gasteiger partial charge on any atom is -0.393 e. The lowest BCUT2D eigenvalue weighted by Crippen LogP contribution is -2.39. The number of hydrogen-bond donors (Lipinski definition) is 1. The number of aliphatic hydroxyl groups excluding tert-OH is 1. The van der Waals surface area contributed by atoms with E-state index in [0.29, 0.717) is 17.8 Å². The molecule has 1 heteroatoms. The van der Waals surface area contributed by atoms with Crippen LogP contribution in [0.15, 0.2) is 0 Å². The van der Waals surface area contributed by atoms with Crippen LogP contribution < -0.4 is 0 Å². The van der Waals surface area contributed by atoms with Gasteiger partial charge in [-0.25, -0.2) is 0 Å². The lowest BCUT2D eigenvalue weighted by Gasteiger charge is -2.40. The molecule has 1 N–H and O–H groups in total. The topological polar surface area (TPSA) is 20.2 Å². The summed E-state index contributed by atoms with van der Waals surface area (Å²) in [4.78, 5) is 0. The van der Waals surface area contributed by atoms with Crippen LogP contribution in [0.4, 0.5) is 0 Å². The molecule has 1 nitrogen and oxygen atoms in total. The molecule has 0 spiro atoms. The number of hydrogen-bond acceptors (Lipinski definition) is 1. The molecule has 0 amide bonds. The van der Waals surface area contributed by atoms with E-state index in [4.69, 9.17) is 0 Å². The second-order valence-electron chi connectivity index (χ2n) is 7.66. The first-order valence-corrected chi connectivity index (χ1v) is 6.57. The highest BCUT2D eigenvalue weighted by Crippen LogP contribution is 2.38. The Hall–Kier alpha value is -0.0400. The van der Waals surface area contributed by atoms with E-state index >= 15 is 0 Å². The molecule has 0 aromatic rings. The Balaban J connectivity index is 4.68. The van der Waals surface area contributed by atoms with E-state index in [1.165, 1.54) is 0 Å². The van der Waals surface area contributed by atoms with Crippen LogP contribution in [-0.2, 0) is 0 Å². The smallest absolute Gasteiger partial charge is 0.0599 e. The van der Waals surface area contributed by atoms with Gasteiger partial charge in [0.05, 0.1) is 6.10 Å². The standard InChI is InChI=1S/C15H32O/c1-10(11(2)14(4,5)6)13(16)12(3)15(7,8)9/h10-13,16H,1-9H3/t10-,11+,12+,13-/m0/s1. The minimum atomic E-state index is -0.214. The van der Waals surface area contributed by atoms with Crippen molar-refractivity contribution in [3.63, 3.8) is 0 Å². The van der Waals surface area contributed by atoms with Crippen molar-refractivity contribution in [3.05, 3.63) is 0 Å². The molecule has 16 heavy (non-hydrogen) atoms. The monoisotopic (exact) mass is 228 g/mol. The molecule has 0 aromatic heterocycles. The molecule has 0 aliphatic rings. The van der Waals surface area contributed by atoms with Gasteiger partial charge in [0.2, 0.25) is 0 Å². The second-order valence-corrected chi connectivity index (χ2v) is 7.66. The second kappa shape index (κ2) is 5.08. The molecule has 0 heterocycles. The van der Waals surface area contributed by atoms with Crippen LogP contribution in [0.2, 0.25) is 0 Å². The van der Waals surface area contributed by atoms with E-state index in [0.717, 1.165) is 0 Å². The molecule has 4 atom stereocenters. The fraction of sp³-hybridized carbons (Fsp3) is 1.00. The third-order valence-corrected chi connectivity index (χ3v) is 4.57. The third kappa shape index (κ3) is 4.08. The summed E-state index contributed by atoms with van der Waals surface area (Å²) >= 11 is 0. The predicted molar refractivity (Wildman–Crippen MR) is 72.4 cm³/mol. The van der Waals surface area contributed by atoms with Crippen LogP contribution >= 0.6 is 0 Å². The SMILES string of the molecule is C[C@H]([C@H](O)[C@@H](C)C(C)(C)C)[C@@H](C)C(C)(C)C. The van der Waals surface area contributed by atoms with Gasteiger partial charge in [0.1, 0.15) is 0 Å². The Morgan fingerprint density at radius 1 is 0.688 bits per heavy atom. The molecule has 0 saturated heterocycles. The zero-order valence-corrected chi connectivity index (χ0v) is 12.8. The van der Waals surface area contributed by atoms with Crippen molar-refractivity contribution in [1.82, 2.24) is 0 Å². The van der Waals surface area contributed by atoms with Crippen molar-refractivity contribution in [2.24, 2.45) is 28.6 Å². The van der Waals surface area contributed by atoms with E-state index in [1.807, 2.05) is 0 Å². The molecule has 0 aromatic carbocycles. The van der Waals surface area contributed by atoms with Crippen molar-refractivity contribution in [2.45, 2.75) is 68.4 Å². The van der Waals surface area contributed by atoms with Crippen LogP contribution in [-0.4, -0.2) is 11.2 Å². The Labute approximate surface area is 103 Å². The van der Waals surface area contributed by atoms with Crippen molar-refractivity contribution in [1.29, 1.82) is 0 Å². The maximum Gasteiger partial charge on any atom is 0.0599 e. The Bertz CT molecular complexity index is 182. The van der Waals surface area contributed by atoms with Gasteiger partial charge in [-0.15, -0.1) is 0 Å². The molecule has 0 bridgehead atoms. The maximum atomic E-state index is 10.5. The summed E-state index contributed by atoms with van der Waals surface area (Å²) < 4.78 is 0.